The molecular formula is C21H22N4O2S. The van der Waals surface area contributed by atoms with Gasteiger partial charge in [-0.2, -0.15) is 5.10 Å². The van der Waals surface area contributed by atoms with Crippen LogP contribution >= 0.6 is 11.3 Å². The Morgan fingerprint density at radius 3 is 2.82 bits per heavy atom. The highest BCUT2D eigenvalue weighted by Crippen LogP contribution is 2.21. The summed E-state index contributed by atoms with van der Waals surface area (Å²) in [6.45, 7) is 5.02. The van der Waals surface area contributed by atoms with Gasteiger partial charge in [0.25, 0.3) is 0 Å². The van der Waals surface area contributed by atoms with Gasteiger partial charge in [0, 0.05) is 18.5 Å². The molecule has 1 N–H and O–H groups in total. The molecule has 6 nitrogen and oxygen atoms in total. The van der Waals surface area contributed by atoms with E-state index in [-0.39, 0.29) is 12.3 Å². The van der Waals surface area contributed by atoms with Crippen molar-refractivity contribution in [3.63, 3.8) is 0 Å². The van der Waals surface area contributed by atoms with E-state index < -0.39 is 0 Å². The lowest BCUT2D eigenvalue weighted by atomic mass is 10.0. The van der Waals surface area contributed by atoms with Crippen molar-refractivity contribution in [1.82, 2.24) is 10.4 Å². The van der Waals surface area contributed by atoms with Gasteiger partial charge in [0.15, 0.2) is 5.13 Å². The minimum atomic E-state index is -0.168. The smallest absolute Gasteiger partial charge is 0.246 e. The summed E-state index contributed by atoms with van der Waals surface area (Å²) < 4.78 is 5.36. The van der Waals surface area contributed by atoms with Crippen LogP contribution in [0.1, 0.15) is 18.2 Å². The van der Waals surface area contributed by atoms with Crippen molar-refractivity contribution in [3.05, 3.63) is 59.1 Å². The molecule has 2 heterocycles. The quantitative estimate of drug-likeness (QED) is 0.533. The summed E-state index contributed by atoms with van der Waals surface area (Å²) in [6.07, 6.45) is 0.218. The summed E-state index contributed by atoms with van der Waals surface area (Å²) in [5, 5.41) is 9.48. The number of benzene rings is 2. The predicted molar refractivity (Wildman–Crippen MR) is 113 cm³/mol. The van der Waals surface area contributed by atoms with E-state index >= 15 is 0 Å². The Morgan fingerprint density at radius 2 is 2.00 bits per heavy atom. The Kier molecular flexibility index (Phi) is 5.64. The summed E-state index contributed by atoms with van der Waals surface area (Å²) in [7, 11) is 0. The number of hydrogen-bond acceptors (Lipinski definition) is 6. The predicted octanol–water partition coefficient (Wildman–Crippen LogP) is 3.22. The monoisotopic (exact) mass is 394 g/mol. The summed E-state index contributed by atoms with van der Waals surface area (Å²) in [5.74, 6) is -0.168. The third-order valence-electron chi connectivity index (χ3n) is 4.68. The highest BCUT2D eigenvalue weighted by atomic mass is 32.1. The first-order chi connectivity index (χ1) is 13.7. The third-order valence-corrected chi connectivity index (χ3v) is 5.63. The second-order valence-electron chi connectivity index (χ2n) is 6.69. The maximum Gasteiger partial charge on any atom is 0.246 e. The van der Waals surface area contributed by atoms with E-state index in [2.05, 4.69) is 44.7 Å². The van der Waals surface area contributed by atoms with E-state index in [0.29, 0.717) is 0 Å². The van der Waals surface area contributed by atoms with E-state index in [1.54, 1.807) is 11.3 Å². The maximum absolute atomic E-state index is 12.3. The molecule has 0 atom stereocenters. The lowest BCUT2D eigenvalue weighted by Crippen LogP contribution is -2.36. The molecule has 0 unspecified atom stereocenters. The standard InChI is InChI=1S/C21H22N4O2S/c1-15(17-7-6-16-4-2-3-5-18(16)12-17)23-24-20(26)13-19-14-28-21(22-19)25-8-10-27-11-9-25/h2-7,12,14H,8-11,13H2,1H3,(H,24,26)/b23-15-. The molecular weight excluding hydrogens is 372 g/mol. The first-order valence-corrected chi connectivity index (χ1v) is 10.2. The van der Waals surface area contributed by atoms with E-state index in [1.165, 1.54) is 5.39 Å². The van der Waals surface area contributed by atoms with Crippen molar-refractivity contribution < 1.29 is 9.53 Å². The van der Waals surface area contributed by atoms with Gasteiger partial charge < -0.3 is 9.64 Å². The third kappa shape index (κ3) is 4.37. The van der Waals surface area contributed by atoms with Crippen LogP contribution in [0.4, 0.5) is 5.13 Å². The molecule has 1 aliphatic heterocycles. The molecule has 0 aliphatic carbocycles. The number of carbonyl (C=O) groups is 1. The molecule has 2 aromatic carbocycles. The highest BCUT2D eigenvalue weighted by molar-refractivity contribution is 7.13. The Morgan fingerprint density at radius 1 is 1.21 bits per heavy atom. The van der Waals surface area contributed by atoms with Crippen LogP contribution in [0.2, 0.25) is 0 Å². The molecule has 0 saturated carbocycles. The molecule has 1 aromatic heterocycles. The van der Waals surface area contributed by atoms with Gasteiger partial charge in [0.2, 0.25) is 5.91 Å². The zero-order valence-corrected chi connectivity index (χ0v) is 16.5. The summed E-state index contributed by atoms with van der Waals surface area (Å²) >= 11 is 1.56. The number of hydrogen-bond donors (Lipinski definition) is 1. The normalized spacial score (nSPS) is 15.0. The molecule has 0 radical (unpaired) electrons. The number of morpholine rings is 1. The zero-order chi connectivity index (χ0) is 19.3. The Hall–Kier alpha value is -2.77. The fraction of sp³-hybridized carbons (Fsp3) is 0.286. The SMILES string of the molecule is C/C(=N/NC(=O)Cc1csc(N2CCOCC2)n1)c1ccc2ccccc2c1. The Bertz CT molecular complexity index is 1010. The zero-order valence-electron chi connectivity index (χ0n) is 15.7. The number of amides is 1. The van der Waals surface area contributed by atoms with Crippen LogP contribution < -0.4 is 10.3 Å². The largest absolute Gasteiger partial charge is 0.378 e. The number of carbonyl (C=O) groups excluding carboxylic acids is 1. The molecule has 0 spiro atoms. The van der Waals surface area contributed by atoms with E-state index in [1.807, 2.05) is 30.5 Å². The summed E-state index contributed by atoms with van der Waals surface area (Å²) in [5.41, 5.74) is 5.17. The molecule has 3 aromatic rings. The average Bonchev–Trinajstić information content (AvgIpc) is 3.20. The molecule has 1 aliphatic rings. The summed E-state index contributed by atoms with van der Waals surface area (Å²) in [4.78, 5) is 19.0. The first kappa shape index (κ1) is 18.6. The van der Waals surface area contributed by atoms with Crippen molar-refractivity contribution in [2.75, 3.05) is 31.2 Å². The van der Waals surface area contributed by atoms with Gasteiger partial charge in [0.1, 0.15) is 0 Å². The lowest BCUT2D eigenvalue weighted by Gasteiger charge is -2.26. The number of nitrogens with one attached hydrogen (secondary N) is 1. The molecule has 7 heteroatoms. The van der Waals surface area contributed by atoms with Crippen molar-refractivity contribution in [2.24, 2.45) is 5.10 Å². The van der Waals surface area contributed by atoms with Gasteiger partial charge in [-0.3, -0.25) is 4.79 Å². The number of thiazole rings is 1. The highest BCUT2D eigenvalue weighted by Gasteiger charge is 2.15. The van der Waals surface area contributed by atoms with Gasteiger partial charge in [-0.05, 0) is 29.3 Å². The van der Waals surface area contributed by atoms with Gasteiger partial charge in [-0.1, -0.05) is 36.4 Å². The van der Waals surface area contributed by atoms with Crippen molar-refractivity contribution in [3.8, 4) is 0 Å². The van der Waals surface area contributed by atoms with Gasteiger partial charge >= 0.3 is 0 Å². The average molecular weight is 394 g/mol. The van der Waals surface area contributed by atoms with Gasteiger partial charge in [-0.15, -0.1) is 11.3 Å². The molecule has 1 amide bonds. The Labute approximate surface area is 167 Å². The minimum Gasteiger partial charge on any atom is -0.378 e. The fourth-order valence-corrected chi connectivity index (χ4v) is 3.99. The lowest BCUT2D eigenvalue weighted by molar-refractivity contribution is -0.120. The van der Waals surface area contributed by atoms with Crippen molar-refractivity contribution >= 4 is 38.9 Å². The van der Waals surface area contributed by atoms with E-state index in [9.17, 15) is 4.79 Å². The number of fused-ring (bicyclic) bond motifs is 1. The summed E-state index contributed by atoms with van der Waals surface area (Å²) in [6, 6.07) is 14.3. The number of hydrazone groups is 1. The Balaban J connectivity index is 1.37. The van der Waals surface area contributed by atoms with Crippen LogP contribution in [-0.4, -0.2) is 42.9 Å². The number of aromatic nitrogens is 1. The number of rotatable bonds is 5. The number of anilines is 1. The van der Waals surface area contributed by atoms with Gasteiger partial charge in [0.05, 0.1) is 31.0 Å². The molecule has 0 bridgehead atoms. The van der Waals surface area contributed by atoms with Crippen LogP contribution in [0, 0.1) is 0 Å². The van der Waals surface area contributed by atoms with Crippen molar-refractivity contribution in [1.29, 1.82) is 0 Å². The molecule has 1 saturated heterocycles. The second-order valence-corrected chi connectivity index (χ2v) is 7.53. The fourth-order valence-electron chi connectivity index (χ4n) is 3.11. The second kappa shape index (κ2) is 8.50. The molecule has 144 valence electrons. The first-order valence-electron chi connectivity index (χ1n) is 9.28. The molecule has 1 fully saturated rings. The van der Waals surface area contributed by atoms with Gasteiger partial charge in [-0.25, -0.2) is 10.4 Å². The van der Waals surface area contributed by atoms with E-state index in [0.717, 1.165) is 53.8 Å². The van der Waals surface area contributed by atoms with Crippen molar-refractivity contribution in [2.45, 2.75) is 13.3 Å². The van der Waals surface area contributed by atoms with Crippen LogP contribution in [0.5, 0.6) is 0 Å². The number of ether oxygens (including phenoxy) is 1. The van der Waals surface area contributed by atoms with Crippen LogP contribution in [0.15, 0.2) is 52.9 Å². The van der Waals surface area contributed by atoms with Crippen LogP contribution in [-0.2, 0) is 16.0 Å². The molecule has 4 rings (SSSR count). The van der Waals surface area contributed by atoms with Crippen LogP contribution in [0.25, 0.3) is 10.8 Å². The minimum absolute atomic E-state index is 0.168. The maximum atomic E-state index is 12.3. The van der Waals surface area contributed by atoms with E-state index in [4.69, 9.17) is 4.74 Å². The van der Waals surface area contributed by atoms with Crippen LogP contribution in [0.3, 0.4) is 0 Å². The topological polar surface area (TPSA) is 66.8 Å². The molecule has 28 heavy (non-hydrogen) atoms. The number of nitrogens with zero attached hydrogens (tertiary/aromatic N) is 3.